The van der Waals surface area contributed by atoms with Crippen LogP contribution in [0, 0.1) is 0 Å². The summed E-state index contributed by atoms with van der Waals surface area (Å²) in [6.07, 6.45) is 14.5. The van der Waals surface area contributed by atoms with E-state index in [9.17, 15) is 0 Å². The maximum absolute atomic E-state index is 2.49. The Hall–Kier alpha value is -1.30. The molecule has 0 nitrogen and oxygen atoms in total. The van der Waals surface area contributed by atoms with Gasteiger partial charge in [0.25, 0.3) is 0 Å². The van der Waals surface area contributed by atoms with E-state index in [1.807, 2.05) is 0 Å². The second kappa shape index (κ2) is 8.36. The van der Waals surface area contributed by atoms with Crippen molar-refractivity contribution >= 4 is 5.57 Å². The third-order valence-electron chi connectivity index (χ3n) is 4.64. The molecule has 0 aliphatic heterocycles. The van der Waals surface area contributed by atoms with Crippen LogP contribution in [-0.2, 0) is 19.3 Å². The van der Waals surface area contributed by atoms with Crippen LogP contribution in [0.3, 0.4) is 0 Å². The van der Waals surface area contributed by atoms with E-state index in [-0.39, 0.29) is 0 Å². The largest absolute Gasteiger partial charge is 0.0836 e. The van der Waals surface area contributed by atoms with E-state index in [0.717, 1.165) is 0 Å². The highest BCUT2D eigenvalue weighted by atomic mass is 14.2. The standard InChI is InChI=1S/C22H32/c1-5-10-18-15-19(11-6-2)22(20(16-18)12-7-3)21-14-9-8-13-17(21)4/h9,14-16H,5-8,10-13H2,1-4H3. The summed E-state index contributed by atoms with van der Waals surface area (Å²) in [5, 5.41) is 0. The zero-order valence-corrected chi connectivity index (χ0v) is 15.0. The van der Waals surface area contributed by atoms with Crippen molar-refractivity contribution in [2.24, 2.45) is 0 Å². The minimum Gasteiger partial charge on any atom is -0.0836 e. The molecule has 0 saturated carbocycles. The first-order valence-corrected chi connectivity index (χ1v) is 9.22. The minimum absolute atomic E-state index is 1.20. The van der Waals surface area contributed by atoms with Crippen LogP contribution >= 0.6 is 0 Å². The molecule has 1 aliphatic rings. The van der Waals surface area contributed by atoms with Gasteiger partial charge in [0.1, 0.15) is 0 Å². The van der Waals surface area contributed by atoms with Crippen molar-refractivity contribution in [2.45, 2.75) is 79.1 Å². The van der Waals surface area contributed by atoms with Crippen molar-refractivity contribution in [2.75, 3.05) is 0 Å². The van der Waals surface area contributed by atoms with Gasteiger partial charge in [-0.25, -0.2) is 0 Å². The fourth-order valence-electron chi connectivity index (χ4n) is 3.63. The summed E-state index contributed by atoms with van der Waals surface area (Å²) >= 11 is 0. The monoisotopic (exact) mass is 296 g/mol. The third kappa shape index (κ3) is 3.91. The second-order valence-corrected chi connectivity index (χ2v) is 6.67. The van der Waals surface area contributed by atoms with Gasteiger partial charge in [0.2, 0.25) is 0 Å². The summed E-state index contributed by atoms with van der Waals surface area (Å²) in [6, 6.07) is 4.98. The quantitative estimate of drug-likeness (QED) is 0.527. The highest BCUT2D eigenvalue weighted by Crippen LogP contribution is 2.34. The molecule has 1 aromatic carbocycles. The molecule has 0 heteroatoms. The fourth-order valence-corrected chi connectivity index (χ4v) is 3.63. The molecule has 0 fully saturated rings. The Kier molecular flexibility index (Phi) is 6.49. The van der Waals surface area contributed by atoms with Crippen molar-refractivity contribution in [1.82, 2.24) is 0 Å². The summed E-state index contributed by atoms with van der Waals surface area (Å²) in [5.41, 5.74) is 9.35. The van der Waals surface area contributed by atoms with E-state index < -0.39 is 0 Å². The average molecular weight is 296 g/mol. The van der Waals surface area contributed by atoms with E-state index >= 15 is 0 Å². The summed E-state index contributed by atoms with van der Waals surface area (Å²) < 4.78 is 0. The first-order chi connectivity index (χ1) is 10.7. The van der Waals surface area contributed by atoms with Gasteiger partial charge in [-0.2, -0.15) is 0 Å². The fraction of sp³-hybridized carbons (Fsp3) is 0.545. The van der Waals surface area contributed by atoms with Crippen molar-refractivity contribution < 1.29 is 0 Å². The van der Waals surface area contributed by atoms with Crippen LogP contribution in [0.25, 0.3) is 5.57 Å². The van der Waals surface area contributed by atoms with Gasteiger partial charge in [0.15, 0.2) is 0 Å². The number of hydrogen-bond donors (Lipinski definition) is 0. The Morgan fingerprint density at radius 3 is 1.95 bits per heavy atom. The highest BCUT2D eigenvalue weighted by Gasteiger charge is 2.16. The lowest BCUT2D eigenvalue weighted by atomic mass is 9.83. The first kappa shape index (κ1) is 17.1. The molecule has 0 radical (unpaired) electrons. The van der Waals surface area contributed by atoms with Crippen molar-refractivity contribution in [3.05, 3.63) is 52.1 Å². The molecule has 120 valence electrons. The first-order valence-electron chi connectivity index (χ1n) is 9.22. The van der Waals surface area contributed by atoms with Gasteiger partial charge >= 0.3 is 0 Å². The molecule has 22 heavy (non-hydrogen) atoms. The molecular formula is C22H32. The minimum atomic E-state index is 1.20. The lowest BCUT2D eigenvalue weighted by Crippen LogP contribution is -2.04. The van der Waals surface area contributed by atoms with Crippen molar-refractivity contribution in [3.8, 4) is 0 Å². The molecule has 0 bridgehead atoms. The van der Waals surface area contributed by atoms with Crippen LogP contribution < -0.4 is 0 Å². The smallest absolute Gasteiger partial charge is 0.0120 e. The van der Waals surface area contributed by atoms with Gasteiger partial charge < -0.3 is 0 Å². The molecule has 0 heterocycles. The van der Waals surface area contributed by atoms with E-state index in [1.165, 1.54) is 62.5 Å². The third-order valence-corrected chi connectivity index (χ3v) is 4.64. The topological polar surface area (TPSA) is 0 Å². The molecule has 0 aromatic heterocycles. The Labute approximate surface area is 137 Å². The van der Waals surface area contributed by atoms with Gasteiger partial charge in [-0.05, 0) is 66.9 Å². The van der Waals surface area contributed by atoms with E-state index in [0.29, 0.717) is 0 Å². The Morgan fingerprint density at radius 1 is 0.864 bits per heavy atom. The number of rotatable bonds is 7. The maximum Gasteiger partial charge on any atom is -0.0120 e. The predicted octanol–water partition coefficient (Wildman–Crippen LogP) is 6.67. The zero-order chi connectivity index (χ0) is 15.9. The van der Waals surface area contributed by atoms with E-state index in [1.54, 1.807) is 22.3 Å². The number of aryl methyl sites for hydroxylation is 3. The molecule has 0 unspecified atom stereocenters. The van der Waals surface area contributed by atoms with E-state index in [2.05, 4.69) is 52.0 Å². The Morgan fingerprint density at radius 2 is 1.45 bits per heavy atom. The average Bonchev–Trinajstić information content (AvgIpc) is 2.49. The zero-order valence-electron chi connectivity index (χ0n) is 15.0. The molecule has 0 amide bonds. The normalized spacial score (nSPS) is 14.7. The predicted molar refractivity (Wildman–Crippen MR) is 99.4 cm³/mol. The number of hydrogen-bond acceptors (Lipinski definition) is 0. The summed E-state index contributed by atoms with van der Waals surface area (Å²) in [4.78, 5) is 0. The van der Waals surface area contributed by atoms with Crippen LogP contribution in [-0.4, -0.2) is 0 Å². The lowest BCUT2D eigenvalue weighted by molar-refractivity contribution is 0.864. The molecule has 0 saturated heterocycles. The lowest BCUT2D eigenvalue weighted by Gasteiger charge is -2.21. The molecule has 0 spiro atoms. The van der Waals surface area contributed by atoms with Crippen molar-refractivity contribution in [1.29, 1.82) is 0 Å². The van der Waals surface area contributed by atoms with E-state index in [4.69, 9.17) is 0 Å². The summed E-state index contributed by atoms with van der Waals surface area (Å²) in [6.45, 7) is 9.20. The van der Waals surface area contributed by atoms with Crippen LogP contribution in [0.15, 0.2) is 29.9 Å². The van der Waals surface area contributed by atoms with Crippen LogP contribution in [0.5, 0.6) is 0 Å². The van der Waals surface area contributed by atoms with Crippen LogP contribution in [0.2, 0.25) is 0 Å². The molecule has 1 aliphatic carbocycles. The molecule has 0 atom stereocenters. The van der Waals surface area contributed by atoms with Crippen LogP contribution in [0.4, 0.5) is 0 Å². The van der Waals surface area contributed by atoms with Gasteiger partial charge in [-0.3, -0.25) is 0 Å². The molecule has 0 N–H and O–H groups in total. The second-order valence-electron chi connectivity index (χ2n) is 6.67. The maximum atomic E-state index is 2.49. The van der Waals surface area contributed by atoms with Gasteiger partial charge in [0, 0.05) is 0 Å². The number of benzene rings is 1. The SMILES string of the molecule is CCCc1cc(CCC)c(C2=C(C)CCC=C2)c(CCC)c1. The summed E-state index contributed by atoms with van der Waals surface area (Å²) in [7, 11) is 0. The molecule has 2 rings (SSSR count). The molecular weight excluding hydrogens is 264 g/mol. The highest BCUT2D eigenvalue weighted by molar-refractivity contribution is 5.81. The van der Waals surface area contributed by atoms with Gasteiger partial charge in [-0.15, -0.1) is 0 Å². The van der Waals surface area contributed by atoms with Crippen LogP contribution in [0.1, 0.15) is 82.1 Å². The van der Waals surface area contributed by atoms with Gasteiger partial charge in [-0.1, -0.05) is 69.9 Å². The Bertz CT molecular complexity index is 530. The summed E-state index contributed by atoms with van der Waals surface area (Å²) in [5.74, 6) is 0. The van der Waals surface area contributed by atoms with Gasteiger partial charge in [0.05, 0.1) is 0 Å². The van der Waals surface area contributed by atoms with Crippen molar-refractivity contribution in [3.63, 3.8) is 0 Å². The Balaban J connectivity index is 2.59. The number of allylic oxidation sites excluding steroid dienone is 4. The molecule has 1 aromatic rings.